The van der Waals surface area contributed by atoms with Gasteiger partial charge in [0.2, 0.25) is 11.8 Å². The summed E-state index contributed by atoms with van der Waals surface area (Å²) in [7, 11) is 0. The van der Waals surface area contributed by atoms with Crippen molar-refractivity contribution in [3.8, 4) is 12.1 Å². The molecule has 0 aromatic heterocycles. The predicted octanol–water partition coefficient (Wildman–Crippen LogP) is 3.76. The number of amides is 2. The van der Waals surface area contributed by atoms with Gasteiger partial charge in [0.1, 0.15) is 0 Å². The van der Waals surface area contributed by atoms with Gasteiger partial charge >= 0.3 is 0 Å². The highest BCUT2D eigenvalue weighted by Crippen LogP contribution is 2.37. The lowest BCUT2D eigenvalue weighted by atomic mass is 9.83. The van der Waals surface area contributed by atoms with Crippen molar-refractivity contribution in [2.24, 2.45) is 5.41 Å². The molecule has 0 bridgehead atoms. The molecule has 0 saturated carbocycles. The van der Waals surface area contributed by atoms with Crippen LogP contribution in [0.5, 0.6) is 0 Å². The van der Waals surface area contributed by atoms with Crippen LogP contribution in [0.1, 0.15) is 37.8 Å². The largest absolute Gasteiger partial charge is 0.309 e. The molecule has 0 radical (unpaired) electrons. The van der Waals surface area contributed by atoms with Crippen molar-refractivity contribution in [3.63, 3.8) is 0 Å². The first-order chi connectivity index (χ1) is 14.9. The van der Waals surface area contributed by atoms with Crippen LogP contribution in [0.15, 0.2) is 48.5 Å². The number of carbonyl (C=O) groups excluding carboxylic acids is 2. The van der Waals surface area contributed by atoms with Crippen molar-refractivity contribution in [1.82, 2.24) is 0 Å². The Morgan fingerprint density at radius 1 is 0.839 bits per heavy atom. The van der Waals surface area contributed by atoms with Crippen molar-refractivity contribution in [2.45, 2.75) is 51.6 Å². The Balaban J connectivity index is 1.56. The number of nitriles is 2. The first-order valence-corrected chi connectivity index (χ1v) is 10.5. The SMILES string of the molecule is C[C@H]1Cc2ccccc2N1C(=O)CC(C#N)(C#N)CC(=O)N1c2ccccc2C[C@@H]1C. The molecule has 2 aromatic rings. The third kappa shape index (κ3) is 3.55. The number of nitrogens with zero attached hydrogens (tertiary/aromatic N) is 4. The molecule has 6 nitrogen and oxygen atoms in total. The van der Waals surface area contributed by atoms with Gasteiger partial charge in [0.25, 0.3) is 0 Å². The number of hydrogen-bond donors (Lipinski definition) is 0. The minimum Gasteiger partial charge on any atom is -0.309 e. The lowest BCUT2D eigenvalue weighted by Gasteiger charge is -2.28. The highest BCUT2D eigenvalue weighted by Gasteiger charge is 2.42. The lowest BCUT2D eigenvalue weighted by Crippen LogP contribution is -2.42. The van der Waals surface area contributed by atoms with Crippen LogP contribution in [0.4, 0.5) is 11.4 Å². The van der Waals surface area contributed by atoms with Crippen LogP contribution in [0.2, 0.25) is 0 Å². The Morgan fingerprint density at radius 3 is 1.61 bits per heavy atom. The molecule has 0 saturated heterocycles. The maximum absolute atomic E-state index is 13.2. The zero-order chi connectivity index (χ0) is 22.2. The van der Waals surface area contributed by atoms with Gasteiger partial charge in [0, 0.05) is 23.5 Å². The van der Waals surface area contributed by atoms with Gasteiger partial charge in [-0.25, -0.2) is 0 Å². The van der Waals surface area contributed by atoms with E-state index in [0.29, 0.717) is 0 Å². The number of hydrogen-bond acceptors (Lipinski definition) is 4. The first kappa shape index (κ1) is 20.6. The van der Waals surface area contributed by atoms with Gasteiger partial charge in [-0.3, -0.25) is 9.59 Å². The summed E-state index contributed by atoms with van der Waals surface area (Å²) in [4.78, 5) is 29.8. The van der Waals surface area contributed by atoms with E-state index in [4.69, 9.17) is 0 Å². The average molecular weight is 412 g/mol. The molecule has 2 heterocycles. The number of para-hydroxylation sites is 2. The number of benzene rings is 2. The zero-order valence-electron chi connectivity index (χ0n) is 17.7. The van der Waals surface area contributed by atoms with Crippen molar-refractivity contribution in [1.29, 1.82) is 10.5 Å². The summed E-state index contributed by atoms with van der Waals surface area (Å²) in [5.41, 5.74) is 2.07. The minimum atomic E-state index is -1.71. The molecule has 0 spiro atoms. The molecule has 0 aliphatic carbocycles. The Kier molecular flexibility index (Phi) is 5.25. The third-order valence-corrected chi connectivity index (χ3v) is 6.29. The quantitative estimate of drug-likeness (QED) is 0.765. The summed E-state index contributed by atoms with van der Waals surface area (Å²) in [6, 6.07) is 19.2. The number of carbonyl (C=O) groups is 2. The Bertz CT molecular complexity index is 1040. The monoisotopic (exact) mass is 412 g/mol. The van der Waals surface area contributed by atoms with Gasteiger partial charge in [-0.1, -0.05) is 36.4 Å². The molecule has 0 unspecified atom stereocenters. The number of anilines is 2. The highest BCUT2D eigenvalue weighted by molar-refractivity contribution is 5.99. The molecule has 31 heavy (non-hydrogen) atoms. The van der Waals surface area contributed by atoms with Gasteiger partial charge in [-0.15, -0.1) is 0 Å². The fourth-order valence-electron chi connectivity index (χ4n) is 4.82. The molecule has 0 fully saturated rings. The van der Waals surface area contributed by atoms with Crippen LogP contribution >= 0.6 is 0 Å². The summed E-state index contributed by atoms with van der Waals surface area (Å²) in [6.45, 7) is 3.90. The number of rotatable bonds is 4. The molecule has 2 aliphatic heterocycles. The molecule has 2 aliphatic rings. The van der Waals surface area contributed by atoms with Crippen molar-refractivity contribution in [2.75, 3.05) is 9.80 Å². The molecule has 4 rings (SSSR count). The lowest BCUT2D eigenvalue weighted by molar-refractivity contribution is -0.122. The van der Waals surface area contributed by atoms with Crippen LogP contribution in [0, 0.1) is 28.1 Å². The molecule has 0 N–H and O–H groups in total. The second-order valence-corrected chi connectivity index (χ2v) is 8.55. The summed E-state index contributed by atoms with van der Waals surface area (Å²) in [5, 5.41) is 19.7. The molecular formula is C25H24N4O2. The number of fused-ring (bicyclic) bond motifs is 2. The first-order valence-electron chi connectivity index (χ1n) is 10.5. The van der Waals surface area contributed by atoms with Gasteiger partial charge < -0.3 is 9.80 Å². The summed E-state index contributed by atoms with van der Waals surface area (Å²) >= 11 is 0. The maximum Gasteiger partial charge on any atom is 0.229 e. The van der Waals surface area contributed by atoms with E-state index < -0.39 is 5.41 Å². The smallest absolute Gasteiger partial charge is 0.229 e. The van der Waals surface area contributed by atoms with E-state index in [9.17, 15) is 20.1 Å². The van der Waals surface area contributed by atoms with Crippen molar-refractivity contribution >= 4 is 23.2 Å². The van der Waals surface area contributed by atoms with Gasteiger partial charge in [0.05, 0.1) is 25.0 Å². The van der Waals surface area contributed by atoms with Gasteiger partial charge in [0.15, 0.2) is 5.41 Å². The van der Waals surface area contributed by atoms with Crippen LogP contribution in [0.3, 0.4) is 0 Å². The normalized spacial score (nSPS) is 19.4. The van der Waals surface area contributed by atoms with E-state index in [0.717, 1.165) is 35.3 Å². The standard InChI is InChI=1S/C25H24N4O2/c1-17-11-19-7-3-5-9-21(19)28(17)23(30)13-25(15-26,16-27)14-24(31)29-18(2)12-20-8-4-6-10-22(20)29/h3-10,17-18H,11-14H2,1-2H3/t17-,18-/m0/s1. The summed E-state index contributed by atoms with van der Waals surface area (Å²) in [6.07, 6.45) is 0.840. The van der Waals surface area contributed by atoms with Gasteiger partial charge in [-0.2, -0.15) is 10.5 Å². The van der Waals surface area contributed by atoms with E-state index in [2.05, 4.69) is 0 Å². The molecular weight excluding hydrogens is 388 g/mol. The summed E-state index contributed by atoms with van der Waals surface area (Å²) < 4.78 is 0. The second kappa shape index (κ2) is 7.89. The fraction of sp³-hybridized carbons (Fsp3) is 0.360. The van der Waals surface area contributed by atoms with Crippen LogP contribution in [-0.2, 0) is 22.4 Å². The summed E-state index contributed by atoms with van der Waals surface area (Å²) in [5.74, 6) is -0.605. The molecule has 2 atom stereocenters. The second-order valence-electron chi connectivity index (χ2n) is 8.55. The Hall–Kier alpha value is -3.64. The van der Waals surface area contributed by atoms with Crippen molar-refractivity contribution < 1.29 is 9.59 Å². The fourth-order valence-corrected chi connectivity index (χ4v) is 4.82. The maximum atomic E-state index is 13.2. The molecule has 156 valence electrons. The zero-order valence-corrected chi connectivity index (χ0v) is 17.7. The van der Waals surface area contributed by atoms with Crippen LogP contribution < -0.4 is 9.80 Å². The van der Waals surface area contributed by atoms with E-state index in [-0.39, 0.29) is 36.7 Å². The van der Waals surface area contributed by atoms with E-state index in [1.165, 1.54) is 0 Å². The van der Waals surface area contributed by atoms with Gasteiger partial charge in [-0.05, 0) is 49.9 Å². The Morgan fingerprint density at radius 2 is 1.23 bits per heavy atom. The topological polar surface area (TPSA) is 88.2 Å². The highest BCUT2D eigenvalue weighted by atomic mass is 16.2. The van der Waals surface area contributed by atoms with E-state index in [1.54, 1.807) is 9.80 Å². The van der Waals surface area contributed by atoms with E-state index >= 15 is 0 Å². The predicted molar refractivity (Wildman–Crippen MR) is 117 cm³/mol. The van der Waals surface area contributed by atoms with Crippen molar-refractivity contribution in [3.05, 3.63) is 59.7 Å². The Labute approximate surface area is 182 Å². The van der Waals surface area contributed by atoms with Crippen LogP contribution in [0.25, 0.3) is 0 Å². The molecule has 2 amide bonds. The third-order valence-electron chi connectivity index (χ3n) is 6.29. The van der Waals surface area contributed by atoms with Crippen LogP contribution in [-0.4, -0.2) is 23.9 Å². The molecule has 6 heteroatoms. The minimum absolute atomic E-state index is 0.0545. The van der Waals surface area contributed by atoms with E-state index in [1.807, 2.05) is 74.5 Å². The molecule has 2 aromatic carbocycles. The average Bonchev–Trinajstić information content (AvgIpc) is 3.28.